The van der Waals surface area contributed by atoms with Crippen LogP contribution in [0.4, 0.5) is 0 Å². The summed E-state index contributed by atoms with van der Waals surface area (Å²) in [5.41, 5.74) is 2.61. The summed E-state index contributed by atoms with van der Waals surface area (Å²) in [4.78, 5) is 4.59. The van der Waals surface area contributed by atoms with E-state index >= 15 is 0 Å². The first-order valence-corrected chi connectivity index (χ1v) is 6.78. The minimum absolute atomic E-state index is 0.637. The van der Waals surface area contributed by atoms with E-state index in [4.69, 9.17) is 34.8 Å². The normalized spacial score (nSPS) is 10.9. The Bertz CT molecular complexity index is 751. The third-order valence-electron chi connectivity index (χ3n) is 2.86. The summed E-state index contributed by atoms with van der Waals surface area (Å²) < 4.78 is 0. The zero-order valence-corrected chi connectivity index (χ0v) is 12.0. The van der Waals surface area contributed by atoms with Gasteiger partial charge in [-0.15, -0.1) is 0 Å². The Morgan fingerprint density at radius 2 is 1.42 bits per heavy atom. The van der Waals surface area contributed by atoms with Crippen molar-refractivity contribution in [2.45, 2.75) is 0 Å². The highest BCUT2D eigenvalue weighted by atomic mass is 35.5. The standard InChI is InChI=1S/C15H8Cl3N/c16-10-3-1-9(2-4-10)15-8-13(18)12-7-11(17)5-6-14(12)19-15/h1-8H. The van der Waals surface area contributed by atoms with Gasteiger partial charge in [-0.2, -0.15) is 0 Å². The molecule has 0 aliphatic heterocycles. The lowest BCUT2D eigenvalue weighted by Crippen LogP contribution is -1.86. The van der Waals surface area contributed by atoms with Gasteiger partial charge in [0.15, 0.2) is 0 Å². The maximum atomic E-state index is 6.29. The number of aromatic nitrogens is 1. The molecule has 94 valence electrons. The topological polar surface area (TPSA) is 12.9 Å². The average molecular weight is 309 g/mol. The van der Waals surface area contributed by atoms with Crippen molar-refractivity contribution in [1.82, 2.24) is 4.98 Å². The van der Waals surface area contributed by atoms with Crippen LogP contribution in [0, 0.1) is 0 Å². The van der Waals surface area contributed by atoms with Crippen molar-refractivity contribution in [2.75, 3.05) is 0 Å². The molecule has 1 nitrogen and oxygen atoms in total. The molecule has 0 saturated carbocycles. The summed E-state index contributed by atoms with van der Waals surface area (Å²) in [5, 5.41) is 2.84. The molecule has 0 fully saturated rings. The average Bonchev–Trinajstić information content (AvgIpc) is 2.40. The lowest BCUT2D eigenvalue weighted by Gasteiger charge is -2.06. The summed E-state index contributed by atoms with van der Waals surface area (Å²) in [6.45, 7) is 0. The van der Waals surface area contributed by atoms with Crippen LogP contribution in [0.25, 0.3) is 22.2 Å². The molecule has 0 aliphatic rings. The molecule has 0 spiro atoms. The molecular weight excluding hydrogens is 301 g/mol. The van der Waals surface area contributed by atoms with Gasteiger partial charge in [-0.25, -0.2) is 4.98 Å². The van der Waals surface area contributed by atoms with Crippen LogP contribution in [0.3, 0.4) is 0 Å². The second kappa shape index (κ2) is 5.01. The summed E-state index contributed by atoms with van der Waals surface area (Å²) in [7, 11) is 0. The van der Waals surface area contributed by atoms with E-state index in [9.17, 15) is 0 Å². The van der Waals surface area contributed by atoms with Crippen molar-refractivity contribution in [1.29, 1.82) is 0 Å². The van der Waals surface area contributed by atoms with E-state index in [1.807, 2.05) is 42.5 Å². The second-order valence-electron chi connectivity index (χ2n) is 4.16. The first-order valence-electron chi connectivity index (χ1n) is 5.65. The molecule has 0 radical (unpaired) electrons. The fraction of sp³-hybridized carbons (Fsp3) is 0. The summed E-state index contributed by atoms with van der Waals surface area (Å²) in [6.07, 6.45) is 0. The molecule has 1 heterocycles. The molecule has 2 aromatic carbocycles. The van der Waals surface area contributed by atoms with Crippen molar-refractivity contribution in [3.05, 3.63) is 63.6 Å². The Balaban J connectivity index is 2.20. The molecule has 0 unspecified atom stereocenters. The zero-order chi connectivity index (χ0) is 13.4. The van der Waals surface area contributed by atoms with Gasteiger partial charge in [0, 0.05) is 21.0 Å². The van der Waals surface area contributed by atoms with Crippen molar-refractivity contribution < 1.29 is 0 Å². The Kier molecular flexibility index (Phi) is 3.36. The van der Waals surface area contributed by atoms with Crippen LogP contribution in [0.2, 0.25) is 15.1 Å². The third-order valence-corrected chi connectivity index (χ3v) is 3.66. The number of benzene rings is 2. The van der Waals surface area contributed by atoms with E-state index in [1.165, 1.54) is 0 Å². The highest BCUT2D eigenvalue weighted by Gasteiger charge is 2.06. The molecule has 4 heteroatoms. The number of hydrogen-bond acceptors (Lipinski definition) is 1. The SMILES string of the molecule is Clc1ccc(-c2cc(Cl)c3cc(Cl)ccc3n2)cc1. The molecule has 0 aliphatic carbocycles. The van der Waals surface area contributed by atoms with Crippen LogP contribution in [0.1, 0.15) is 0 Å². The Labute approximate surface area is 125 Å². The zero-order valence-electron chi connectivity index (χ0n) is 9.70. The van der Waals surface area contributed by atoms with Gasteiger partial charge in [-0.3, -0.25) is 0 Å². The van der Waals surface area contributed by atoms with E-state index in [1.54, 1.807) is 6.07 Å². The molecule has 0 bridgehead atoms. The van der Waals surface area contributed by atoms with Gasteiger partial charge >= 0.3 is 0 Å². The first-order chi connectivity index (χ1) is 9.13. The van der Waals surface area contributed by atoms with Crippen molar-refractivity contribution in [3.8, 4) is 11.3 Å². The molecular formula is C15H8Cl3N. The molecule has 0 N–H and O–H groups in total. The molecule has 0 atom stereocenters. The number of halogens is 3. The van der Waals surface area contributed by atoms with Gasteiger partial charge in [0.25, 0.3) is 0 Å². The van der Waals surface area contributed by atoms with Crippen molar-refractivity contribution >= 4 is 45.7 Å². The predicted molar refractivity (Wildman–Crippen MR) is 82.2 cm³/mol. The smallest absolute Gasteiger partial charge is 0.0725 e. The summed E-state index contributed by atoms with van der Waals surface area (Å²) in [6, 6.07) is 14.8. The molecule has 0 saturated heterocycles. The van der Waals surface area contributed by atoms with E-state index in [2.05, 4.69) is 4.98 Å². The molecule has 3 rings (SSSR count). The van der Waals surface area contributed by atoms with E-state index < -0.39 is 0 Å². The monoisotopic (exact) mass is 307 g/mol. The van der Waals surface area contributed by atoms with Crippen LogP contribution in [0.5, 0.6) is 0 Å². The highest BCUT2D eigenvalue weighted by molar-refractivity contribution is 6.37. The van der Waals surface area contributed by atoms with Crippen LogP contribution >= 0.6 is 34.8 Å². The molecule has 3 aromatic rings. The first kappa shape index (κ1) is 12.7. The van der Waals surface area contributed by atoms with Gasteiger partial charge in [0.05, 0.1) is 16.2 Å². The van der Waals surface area contributed by atoms with Gasteiger partial charge in [-0.1, -0.05) is 46.9 Å². The largest absolute Gasteiger partial charge is 0.248 e. The molecule has 0 amide bonds. The lowest BCUT2D eigenvalue weighted by molar-refractivity contribution is 1.40. The second-order valence-corrected chi connectivity index (χ2v) is 5.44. The van der Waals surface area contributed by atoms with Crippen molar-refractivity contribution in [3.63, 3.8) is 0 Å². The Morgan fingerprint density at radius 1 is 0.737 bits per heavy atom. The highest BCUT2D eigenvalue weighted by Crippen LogP contribution is 2.30. The fourth-order valence-electron chi connectivity index (χ4n) is 1.93. The van der Waals surface area contributed by atoms with Gasteiger partial charge in [0.2, 0.25) is 0 Å². The number of rotatable bonds is 1. The minimum atomic E-state index is 0.637. The van der Waals surface area contributed by atoms with E-state index in [0.717, 1.165) is 22.2 Å². The maximum Gasteiger partial charge on any atom is 0.0725 e. The van der Waals surface area contributed by atoms with Crippen LogP contribution in [-0.4, -0.2) is 4.98 Å². The number of fused-ring (bicyclic) bond motifs is 1. The Morgan fingerprint density at radius 3 is 2.16 bits per heavy atom. The summed E-state index contributed by atoms with van der Waals surface area (Å²) >= 11 is 18.1. The molecule has 1 aromatic heterocycles. The number of hydrogen-bond donors (Lipinski definition) is 0. The predicted octanol–water partition coefficient (Wildman–Crippen LogP) is 5.86. The van der Waals surface area contributed by atoms with E-state index in [-0.39, 0.29) is 0 Å². The van der Waals surface area contributed by atoms with Gasteiger partial charge < -0.3 is 0 Å². The number of nitrogens with zero attached hydrogens (tertiary/aromatic N) is 1. The number of pyridine rings is 1. The van der Waals surface area contributed by atoms with Crippen molar-refractivity contribution in [2.24, 2.45) is 0 Å². The van der Waals surface area contributed by atoms with E-state index in [0.29, 0.717) is 15.1 Å². The fourth-order valence-corrected chi connectivity index (χ4v) is 2.48. The molecule has 19 heavy (non-hydrogen) atoms. The lowest BCUT2D eigenvalue weighted by atomic mass is 10.1. The minimum Gasteiger partial charge on any atom is -0.248 e. The Hall–Kier alpha value is -1.28. The third kappa shape index (κ3) is 2.55. The van der Waals surface area contributed by atoms with Crippen LogP contribution in [-0.2, 0) is 0 Å². The summed E-state index contributed by atoms with van der Waals surface area (Å²) in [5.74, 6) is 0. The van der Waals surface area contributed by atoms with Crippen LogP contribution < -0.4 is 0 Å². The van der Waals surface area contributed by atoms with Crippen LogP contribution in [0.15, 0.2) is 48.5 Å². The van der Waals surface area contributed by atoms with Gasteiger partial charge in [-0.05, 0) is 36.4 Å². The quantitative estimate of drug-likeness (QED) is 0.548. The maximum absolute atomic E-state index is 6.29. The van der Waals surface area contributed by atoms with Gasteiger partial charge in [0.1, 0.15) is 0 Å².